The lowest BCUT2D eigenvalue weighted by Crippen LogP contribution is -2.44. The normalized spacial score (nSPS) is 13.3. The standard InChI is InChI=1S/C19H26N2O4/c1-14(2)15-7-4-5-8-16(15)24-12-10-20-18(22)21-13-19(3,23)17-9-6-11-25-17/h4-9,11,14,23H,10,12-13H2,1-3H3,(H2,20,21,22). The molecule has 25 heavy (non-hydrogen) atoms. The molecule has 0 aliphatic carbocycles. The zero-order valence-electron chi connectivity index (χ0n) is 14.9. The first-order valence-corrected chi connectivity index (χ1v) is 8.40. The molecule has 1 aromatic carbocycles. The maximum Gasteiger partial charge on any atom is 0.315 e. The third-order valence-corrected chi connectivity index (χ3v) is 3.83. The van der Waals surface area contributed by atoms with Crippen molar-refractivity contribution in [2.75, 3.05) is 19.7 Å². The molecule has 0 bridgehead atoms. The molecule has 3 N–H and O–H groups in total. The van der Waals surface area contributed by atoms with E-state index in [1.54, 1.807) is 19.1 Å². The summed E-state index contributed by atoms with van der Waals surface area (Å²) in [7, 11) is 0. The van der Waals surface area contributed by atoms with Gasteiger partial charge in [0.15, 0.2) is 0 Å². The number of aliphatic hydroxyl groups is 1. The summed E-state index contributed by atoms with van der Waals surface area (Å²) in [6.07, 6.45) is 1.48. The van der Waals surface area contributed by atoms with Crippen LogP contribution in [0, 0.1) is 0 Å². The molecule has 0 aliphatic heterocycles. The minimum absolute atomic E-state index is 0.0450. The Kier molecular flexibility index (Phi) is 6.47. The van der Waals surface area contributed by atoms with Gasteiger partial charge in [0.1, 0.15) is 23.7 Å². The molecule has 2 aromatic rings. The third kappa shape index (κ3) is 5.53. The van der Waals surface area contributed by atoms with Gasteiger partial charge in [-0.2, -0.15) is 0 Å². The predicted octanol–water partition coefficient (Wildman–Crippen LogP) is 2.99. The van der Waals surface area contributed by atoms with Gasteiger partial charge in [-0.15, -0.1) is 0 Å². The van der Waals surface area contributed by atoms with Crippen LogP contribution in [-0.2, 0) is 5.60 Å². The largest absolute Gasteiger partial charge is 0.491 e. The number of hydrogen-bond donors (Lipinski definition) is 3. The first kappa shape index (κ1) is 18.9. The van der Waals surface area contributed by atoms with Crippen molar-refractivity contribution < 1.29 is 19.1 Å². The van der Waals surface area contributed by atoms with Crippen molar-refractivity contribution in [1.82, 2.24) is 10.6 Å². The number of ether oxygens (including phenoxy) is 1. The summed E-state index contributed by atoms with van der Waals surface area (Å²) in [5.41, 5.74) is -0.116. The molecule has 6 heteroatoms. The van der Waals surface area contributed by atoms with Crippen LogP contribution in [0.3, 0.4) is 0 Å². The minimum Gasteiger partial charge on any atom is -0.491 e. The molecule has 0 saturated heterocycles. The summed E-state index contributed by atoms with van der Waals surface area (Å²) in [4.78, 5) is 11.8. The third-order valence-electron chi connectivity index (χ3n) is 3.83. The van der Waals surface area contributed by atoms with Gasteiger partial charge in [0.2, 0.25) is 0 Å². The summed E-state index contributed by atoms with van der Waals surface area (Å²) in [5, 5.41) is 15.6. The smallest absolute Gasteiger partial charge is 0.315 e. The molecule has 0 saturated carbocycles. The Labute approximate surface area is 148 Å². The van der Waals surface area contributed by atoms with E-state index in [2.05, 4.69) is 24.5 Å². The van der Waals surface area contributed by atoms with Gasteiger partial charge < -0.3 is 24.9 Å². The Bertz CT molecular complexity index is 666. The molecular formula is C19H26N2O4. The van der Waals surface area contributed by atoms with Gasteiger partial charge >= 0.3 is 6.03 Å². The highest BCUT2D eigenvalue weighted by Gasteiger charge is 2.26. The van der Waals surface area contributed by atoms with E-state index in [4.69, 9.17) is 9.15 Å². The van der Waals surface area contributed by atoms with Gasteiger partial charge in [0, 0.05) is 0 Å². The zero-order chi connectivity index (χ0) is 18.3. The van der Waals surface area contributed by atoms with Gasteiger partial charge in [-0.1, -0.05) is 32.0 Å². The van der Waals surface area contributed by atoms with Crippen LogP contribution in [-0.4, -0.2) is 30.8 Å². The van der Waals surface area contributed by atoms with Crippen LogP contribution in [0.25, 0.3) is 0 Å². The van der Waals surface area contributed by atoms with Gasteiger partial charge in [0.05, 0.1) is 19.4 Å². The van der Waals surface area contributed by atoms with Crippen molar-refractivity contribution >= 4 is 6.03 Å². The van der Waals surface area contributed by atoms with Crippen LogP contribution >= 0.6 is 0 Å². The molecule has 1 heterocycles. The Balaban J connectivity index is 1.71. The van der Waals surface area contributed by atoms with Crippen molar-refractivity contribution in [3.63, 3.8) is 0 Å². The first-order valence-electron chi connectivity index (χ1n) is 8.40. The van der Waals surface area contributed by atoms with Crippen molar-refractivity contribution in [2.45, 2.75) is 32.3 Å². The second kappa shape index (κ2) is 8.58. The van der Waals surface area contributed by atoms with E-state index in [1.165, 1.54) is 6.26 Å². The molecule has 0 radical (unpaired) electrons. The zero-order valence-corrected chi connectivity index (χ0v) is 14.9. The highest BCUT2D eigenvalue weighted by molar-refractivity contribution is 5.73. The molecule has 6 nitrogen and oxygen atoms in total. The molecule has 2 amide bonds. The molecule has 1 aromatic heterocycles. The number of nitrogens with one attached hydrogen (secondary N) is 2. The summed E-state index contributed by atoms with van der Waals surface area (Å²) >= 11 is 0. The minimum atomic E-state index is -1.26. The lowest BCUT2D eigenvalue weighted by atomic mass is 10.0. The summed E-state index contributed by atoms with van der Waals surface area (Å²) in [6.45, 7) is 6.58. The van der Waals surface area contributed by atoms with Crippen molar-refractivity contribution in [1.29, 1.82) is 0 Å². The molecule has 1 unspecified atom stereocenters. The van der Waals surface area contributed by atoms with Crippen LogP contribution < -0.4 is 15.4 Å². The maximum atomic E-state index is 11.8. The Hall–Kier alpha value is -2.47. The van der Waals surface area contributed by atoms with E-state index in [9.17, 15) is 9.90 Å². The van der Waals surface area contributed by atoms with Crippen LogP contribution in [0.2, 0.25) is 0 Å². The van der Waals surface area contributed by atoms with E-state index in [1.807, 2.05) is 24.3 Å². The number of para-hydroxylation sites is 1. The molecule has 136 valence electrons. The summed E-state index contributed by atoms with van der Waals surface area (Å²) < 4.78 is 10.9. The number of urea groups is 1. The number of amides is 2. The van der Waals surface area contributed by atoms with E-state index in [-0.39, 0.29) is 12.6 Å². The lowest BCUT2D eigenvalue weighted by Gasteiger charge is -2.21. The second-order valence-corrected chi connectivity index (χ2v) is 6.40. The molecule has 2 rings (SSSR count). The average molecular weight is 346 g/mol. The molecule has 1 atom stereocenters. The van der Waals surface area contributed by atoms with Gasteiger partial charge in [0.25, 0.3) is 0 Å². The summed E-state index contributed by atoms with van der Waals surface area (Å²) in [6, 6.07) is 10.9. The van der Waals surface area contributed by atoms with Crippen LogP contribution in [0.15, 0.2) is 47.1 Å². The van der Waals surface area contributed by atoms with Crippen LogP contribution in [0.4, 0.5) is 4.79 Å². The Morgan fingerprint density at radius 2 is 2.00 bits per heavy atom. The molecule has 0 spiro atoms. The Morgan fingerprint density at radius 1 is 1.24 bits per heavy atom. The maximum absolute atomic E-state index is 11.8. The topological polar surface area (TPSA) is 83.7 Å². The van der Waals surface area contributed by atoms with Crippen molar-refractivity contribution in [3.05, 3.63) is 54.0 Å². The Morgan fingerprint density at radius 3 is 2.68 bits per heavy atom. The number of hydrogen-bond acceptors (Lipinski definition) is 4. The molecular weight excluding hydrogens is 320 g/mol. The van der Waals surface area contributed by atoms with Crippen molar-refractivity contribution in [3.8, 4) is 5.75 Å². The number of carbonyl (C=O) groups is 1. The van der Waals surface area contributed by atoms with E-state index in [0.717, 1.165) is 11.3 Å². The van der Waals surface area contributed by atoms with Crippen molar-refractivity contribution in [2.24, 2.45) is 0 Å². The fraction of sp³-hybridized carbons (Fsp3) is 0.421. The highest BCUT2D eigenvalue weighted by Crippen LogP contribution is 2.25. The molecule has 0 fully saturated rings. The van der Waals surface area contributed by atoms with Gasteiger partial charge in [-0.3, -0.25) is 0 Å². The van der Waals surface area contributed by atoms with Crippen LogP contribution in [0.1, 0.15) is 38.0 Å². The fourth-order valence-corrected chi connectivity index (χ4v) is 2.40. The van der Waals surface area contributed by atoms with E-state index < -0.39 is 5.60 Å². The monoisotopic (exact) mass is 346 g/mol. The van der Waals surface area contributed by atoms with Gasteiger partial charge in [-0.05, 0) is 36.6 Å². The highest BCUT2D eigenvalue weighted by atomic mass is 16.5. The molecule has 0 aliphatic rings. The number of rotatable bonds is 8. The van der Waals surface area contributed by atoms with E-state index in [0.29, 0.717) is 24.8 Å². The number of carbonyl (C=O) groups excluding carboxylic acids is 1. The van der Waals surface area contributed by atoms with Gasteiger partial charge in [-0.25, -0.2) is 4.79 Å². The van der Waals surface area contributed by atoms with E-state index >= 15 is 0 Å². The predicted molar refractivity (Wildman–Crippen MR) is 95.7 cm³/mol. The lowest BCUT2D eigenvalue weighted by molar-refractivity contribution is 0.0367. The average Bonchev–Trinajstić information content (AvgIpc) is 3.13. The summed E-state index contributed by atoms with van der Waals surface area (Å²) in [5.74, 6) is 1.61. The van der Waals surface area contributed by atoms with Crippen LogP contribution in [0.5, 0.6) is 5.75 Å². The first-order chi connectivity index (χ1) is 11.9. The SMILES string of the molecule is CC(C)c1ccccc1OCCNC(=O)NCC(C)(O)c1ccco1. The fourth-order valence-electron chi connectivity index (χ4n) is 2.40. The number of benzene rings is 1. The quantitative estimate of drug-likeness (QED) is 0.642. The number of furan rings is 1. The second-order valence-electron chi connectivity index (χ2n) is 6.40.